The SMILES string of the molecule is CC1(C)OB(c2ccc(N3CCN(CCCNC4=C(N)C(=O)c5cccnc5C4=O)CC3)nc2)OC1(C)C.CO. The predicted octanol–water partition coefficient (Wildman–Crippen LogP) is 0.736. The van der Waals surface area contributed by atoms with Crippen molar-refractivity contribution < 1.29 is 24.0 Å². The summed E-state index contributed by atoms with van der Waals surface area (Å²) in [5.41, 5.74) is 6.67. The van der Waals surface area contributed by atoms with Crippen LogP contribution in [0.1, 0.15) is 55.0 Å². The van der Waals surface area contributed by atoms with Crippen LogP contribution in [0.2, 0.25) is 0 Å². The van der Waals surface area contributed by atoms with Crippen LogP contribution in [0.5, 0.6) is 0 Å². The van der Waals surface area contributed by atoms with Crippen molar-refractivity contribution in [3.63, 3.8) is 0 Å². The number of allylic oxidation sites excluding steroid dienone is 2. The van der Waals surface area contributed by atoms with E-state index in [2.05, 4.69) is 25.1 Å². The summed E-state index contributed by atoms with van der Waals surface area (Å²) in [5.74, 6) is 0.260. The molecule has 2 saturated heterocycles. The third-order valence-corrected chi connectivity index (χ3v) is 7.95. The molecule has 5 rings (SSSR count). The molecule has 11 nitrogen and oxygen atoms in total. The zero-order valence-corrected chi connectivity index (χ0v) is 23.9. The van der Waals surface area contributed by atoms with E-state index in [1.165, 1.54) is 6.20 Å². The molecule has 4 N–H and O–H groups in total. The standard InChI is InChI=1S/C27H35BN6O4.CH4O/c1-26(2)27(3,4)38-28(37-26)18-8-9-20(32-17-18)34-15-13-33(14-16-34)12-6-11-31-23-21(29)24(35)19-7-5-10-30-22(19)25(23)36;1-2/h5,7-10,17,31H,6,11-16,29H2,1-4H3;2H,1H3. The molecule has 1 aliphatic carbocycles. The second-order valence-electron chi connectivity index (χ2n) is 11.0. The van der Waals surface area contributed by atoms with Gasteiger partial charge < -0.3 is 30.4 Å². The van der Waals surface area contributed by atoms with E-state index < -0.39 is 7.12 Å². The number of nitrogens with two attached hydrogens (primary N) is 1. The number of aliphatic hydroxyl groups is 1. The molecule has 0 unspecified atom stereocenters. The summed E-state index contributed by atoms with van der Waals surface area (Å²) >= 11 is 0. The van der Waals surface area contributed by atoms with Crippen LogP contribution in [0, 0.1) is 0 Å². The lowest BCUT2D eigenvalue weighted by Gasteiger charge is -2.35. The fraction of sp³-hybridized carbons (Fsp3) is 0.500. The van der Waals surface area contributed by atoms with Gasteiger partial charge in [0.1, 0.15) is 22.9 Å². The highest BCUT2D eigenvalue weighted by Crippen LogP contribution is 2.36. The maximum Gasteiger partial charge on any atom is 0.496 e. The number of fused-ring (bicyclic) bond motifs is 1. The molecule has 0 saturated carbocycles. The highest BCUT2D eigenvalue weighted by atomic mass is 16.7. The summed E-state index contributed by atoms with van der Waals surface area (Å²) in [7, 11) is 0.589. The van der Waals surface area contributed by atoms with E-state index in [0.717, 1.165) is 57.5 Å². The molecule has 2 aromatic rings. The molecular weight excluding hydrogens is 511 g/mol. The van der Waals surface area contributed by atoms with E-state index in [-0.39, 0.29) is 45.4 Å². The van der Waals surface area contributed by atoms with Gasteiger partial charge in [0.05, 0.1) is 16.8 Å². The summed E-state index contributed by atoms with van der Waals surface area (Å²) in [6.45, 7) is 13.2. The topological polar surface area (TPSA) is 143 Å². The average molecular weight is 550 g/mol. The second kappa shape index (κ2) is 12.1. The van der Waals surface area contributed by atoms with E-state index >= 15 is 0 Å². The molecule has 0 amide bonds. The van der Waals surface area contributed by atoms with Crippen LogP contribution in [0.3, 0.4) is 0 Å². The van der Waals surface area contributed by atoms with Crippen molar-refractivity contribution in [3.05, 3.63) is 59.3 Å². The van der Waals surface area contributed by atoms with Crippen molar-refractivity contribution in [2.45, 2.75) is 45.3 Å². The molecule has 0 bridgehead atoms. The van der Waals surface area contributed by atoms with Crippen molar-refractivity contribution in [1.82, 2.24) is 20.2 Å². The molecule has 0 atom stereocenters. The van der Waals surface area contributed by atoms with Gasteiger partial charge in [-0.15, -0.1) is 0 Å². The number of anilines is 1. The van der Waals surface area contributed by atoms with Gasteiger partial charge in [-0.2, -0.15) is 0 Å². The normalized spacial score (nSPS) is 20.2. The van der Waals surface area contributed by atoms with Crippen LogP contribution in [-0.2, 0) is 9.31 Å². The highest BCUT2D eigenvalue weighted by Gasteiger charge is 2.51. The van der Waals surface area contributed by atoms with Crippen LogP contribution in [-0.4, -0.2) is 96.2 Å². The predicted molar refractivity (Wildman–Crippen MR) is 153 cm³/mol. The number of rotatable bonds is 7. The fourth-order valence-electron chi connectivity index (χ4n) is 4.86. The van der Waals surface area contributed by atoms with Gasteiger partial charge >= 0.3 is 7.12 Å². The van der Waals surface area contributed by atoms with Crippen molar-refractivity contribution in [3.8, 4) is 0 Å². The van der Waals surface area contributed by atoms with Crippen LogP contribution in [0.15, 0.2) is 48.1 Å². The zero-order valence-electron chi connectivity index (χ0n) is 23.9. The molecule has 12 heteroatoms. The number of Topliss-reactive ketones (excluding diaryl/α,β-unsaturated/α-hetero) is 2. The minimum Gasteiger partial charge on any atom is -0.400 e. The van der Waals surface area contributed by atoms with Gasteiger partial charge in [-0.1, -0.05) is 6.07 Å². The quantitative estimate of drug-likeness (QED) is 0.332. The van der Waals surface area contributed by atoms with Crippen LogP contribution in [0.4, 0.5) is 5.82 Å². The second-order valence-corrected chi connectivity index (χ2v) is 11.0. The first-order chi connectivity index (χ1) is 19.1. The van der Waals surface area contributed by atoms with Crippen LogP contribution >= 0.6 is 0 Å². The Bertz CT molecular complexity index is 1240. The number of pyridine rings is 2. The summed E-state index contributed by atoms with van der Waals surface area (Å²) < 4.78 is 12.3. The maximum absolute atomic E-state index is 12.7. The number of hydrogen-bond acceptors (Lipinski definition) is 11. The minimum absolute atomic E-state index is 0.0406. The monoisotopic (exact) mass is 550 g/mol. The van der Waals surface area contributed by atoms with E-state index in [9.17, 15) is 9.59 Å². The number of aliphatic hydroxyl groups excluding tert-OH is 1. The van der Waals surface area contributed by atoms with Crippen molar-refractivity contribution >= 4 is 30.0 Å². The lowest BCUT2D eigenvalue weighted by atomic mass is 9.80. The van der Waals surface area contributed by atoms with E-state index in [0.29, 0.717) is 6.54 Å². The van der Waals surface area contributed by atoms with Gasteiger partial charge in [0.2, 0.25) is 11.6 Å². The number of nitrogens with one attached hydrogen (secondary N) is 1. The molecule has 2 fully saturated rings. The Labute approximate surface area is 235 Å². The Morgan fingerprint density at radius 2 is 1.68 bits per heavy atom. The Morgan fingerprint density at radius 1 is 1.00 bits per heavy atom. The van der Waals surface area contributed by atoms with E-state index in [1.54, 1.807) is 12.1 Å². The third-order valence-electron chi connectivity index (χ3n) is 7.95. The first-order valence-corrected chi connectivity index (χ1v) is 13.6. The molecule has 0 radical (unpaired) electrons. The van der Waals surface area contributed by atoms with Crippen molar-refractivity contribution in [1.29, 1.82) is 0 Å². The van der Waals surface area contributed by atoms with Crippen LogP contribution in [0.25, 0.3) is 0 Å². The molecule has 0 aromatic carbocycles. The molecule has 40 heavy (non-hydrogen) atoms. The number of carbonyl (C=O) groups is 2. The van der Waals surface area contributed by atoms with Crippen molar-refractivity contribution in [2.75, 3.05) is 51.3 Å². The Morgan fingerprint density at radius 3 is 2.30 bits per heavy atom. The van der Waals surface area contributed by atoms with Gasteiger partial charge in [-0.25, -0.2) is 4.98 Å². The molecule has 2 aromatic heterocycles. The van der Waals surface area contributed by atoms with E-state index in [4.69, 9.17) is 20.1 Å². The fourth-order valence-corrected chi connectivity index (χ4v) is 4.86. The molecular formula is C28H39BN6O5. The summed E-state index contributed by atoms with van der Waals surface area (Å²) in [4.78, 5) is 38.7. The summed E-state index contributed by atoms with van der Waals surface area (Å²) in [5, 5.41) is 10.1. The lowest BCUT2D eigenvalue weighted by Crippen LogP contribution is -2.47. The molecule has 0 spiro atoms. The van der Waals surface area contributed by atoms with Crippen molar-refractivity contribution in [2.24, 2.45) is 5.73 Å². The first-order valence-electron chi connectivity index (χ1n) is 13.6. The Kier molecular flexibility index (Phi) is 8.94. The Balaban J connectivity index is 0.00000181. The van der Waals surface area contributed by atoms with Gasteiger partial charge in [0.25, 0.3) is 0 Å². The number of ketones is 2. The van der Waals surface area contributed by atoms with Crippen LogP contribution < -0.4 is 21.4 Å². The summed E-state index contributed by atoms with van der Waals surface area (Å²) in [6, 6.07) is 7.28. The maximum atomic E-state index is 12.7. The number of aromatic nitrogens is 2. The average Bonchev–Trinajstić information content (AvgIpc) is 3.19. The molecule has 4 heterocycles. The van der Waals surface area contributed by atoms with Gasteiger partial charge in [-0.05, 0) is 58.9 Å². The minimum atomic E-state index is -0.411. The molecule has 214 valence electrons. The number of nitrogens with zero attached hydrogens (tertiary/aromatic N) is 4. The lowest BCUT2D eigenvalue weighted by molar-refractivity contribution is 0.00578. The smallest absolute Gasteiger partial charge is 0.400 e. The van der Waals surface area contributed by atoms with Gasteiger partial charge in [-0.3, -0.25) is 19.5 Å². The van der Waals surface area contributed by atoms with Gasteiger partial charge in [0, 0.05) is 57.7 Å². The zero-order chi connectivity index (χ0) is 29.1. The number of piperazine rings is 1. The Hall–Kier alpha value is -3.32. The largest absolute Gasteiger partial charge is 0.496 e. The highest BCUT2D eigenvalue weighted by molar-refractivity contribution is 6.62. The number of hydrogen-bond donors (Lipinski definition) is 3. The molecule has 2 aliphatic heterocycles. The number of carbonyl (C=O) groups excluding carboxylic acids is 2. The molecule has 3 aliphatic rings. The summed E-state index contributed by atoms with van der Waals surface area (Å²) in [6.07, 6.45) is 4.17. The first kappa shape index (κ1) is 29.7. The third kappa shape index (κ3) is 5.90. The van der Waals surface area contributed by atoms with E-state index in [1.807, 2.05) is 46.0 Å². The van der Waals surface area contributed by atoms with Gasteiger partial charge in [0.15, 0.2) is 0 Å².